The van der Waals surface area contributed by atoms with Gasteiger partial charge in [0, 0.05) is 18.8 Å². The summed E-state index contributed by atoms with van der Waals surface area (Å²) in [5.74, 6) is -1.10. The first-order valence-electron chi connectivity index (χ1n) is 10.5. The van der Waals surface area contributed by atoms with Gasteiger partial charge in [0.25, 0.3) is 11.8 Å². The fourth-order valence-electron chi connectivity index (χ4n) is 3.43. The molecule has 0 saturated carbocycles. The SMILES string of the molecule is Cc1cc(NC(=O)c2ccccc2Cl)sc1C(=O)Nc1ccc2oc(=O)n(CCN(C)C)c2c1. The molecule has 0 aliphatic rings. The van der Waals surface area contributed by atoms with Crippen LogP contribution in [0, 0.1) is 6.92 Å². The second-order valence-electron chi connectivity index (χ2n) is 8.02. The molecule has 2 amide bonds. The minimum absolute atomic E-state index is 0.314. The van der Waals surface area contributed by atoms with E-state index < -0.39 is 5.76 Å². The fourth-order valence-corrected chi connectivity index (χ4v) is 4.62. The molecule has 0 aliphatic carbocycles. The van der Waals surface area contributed by atoms with Gasteiger partial charge in [-0.3, -0.25) is 14.2 Å². The lowest BCUT2D eigenvalue weighted by Crippen LogP contribution is -2.23. The molecular formula is C24H23ClN4O4S. The van der Waals surface area contributed by atoms with Crippen LogP contribution in [0.4, 0.5) is 10.7 Å². The van der Waals surface area contributed by atoms with Crippen LogP contribution < -0.4 is 16.4 Å². The predicted molar refractivity (Wildman–Crippen MR) is 135 cm³/mol. The van der Waals surface area contributed by atoms with Crippen LogP contribution >= 0.6 is 22.9 Å². The molecule has 34 heavy (non-hydrogen) atoms. The third-order valence-corrected chi connectivity index (χ3v) is 6.66. The molecule has 176 valence electrons. The molecule has 8 nitrogen and oxygen atoms in total. The number of hydrogen-bond donors (Lipinski definition) is 2. The Bertz CT molecular complexity index is 1440. The number of carbonyl (C=O) groups is 2. The molecule has 2 aromatic heterocycles. The van der Waals surface area contributed by atoms with Gasteiger partial charge in [-0.05, 0) is 63.0 Å². The number of benzene rings is 2. The van der Waals surface area contributed by atoms with Crippen LogP contribution in [0.3, 0.4) is 0 Å². The maximum Gasteiger partial charge on any atom is 0.419 e. The van der Waals surface area contributed by atoms with E-state index in [4.69, 9.17) is 16.0 Å². The molecule has 0 spiro atoms. The predicted octanol–water partition coefficient (Wildman–Crippen LogP) is 4.68. The Morgan fingerprint density at radius 2 is 1.85 bits per heavy atom. The van der Waals surface area contributed by atoms with E-state index in [9.17, 15) is 14.4 Å². The highest BCUT2D eigenvalue weighted by molar-refractivity contribution is 7.18. The van der Waals surface area contributed by atoms with Crippen molar-refractivity contribution in [2.24, 2.45) is 0 Å². The van der Waals surface area contributed by atoms with Gasteiger partial charge in [0.05, 0.1) is 26.0 Å². The van der Waals surface area contributed by atoms with Crippen LogP contribution in [0.25, 0.3) is 11.1 Å². The maximum absolute atomic E-state index is 13.0. The van der Waals surface area contributed by atoms with Gasteiger partial charge in [0.15, 0.2) is 5.58 Å². The van der Waals surface area contributed by atoms with Gasteiger partial charge in [-0.15, -0.1) is 11.3 Å². The zero-order valence-electron chi connectivity index (χ0n) is 18.8. The maximum atomic E-state index is 13.0. The molecule has 4 rings (SSSR count). The largest absolute Gasteiger partial charge is 0.419 e. The van der Waals surface area contributed by atoms with E-state index in [0.717, 1.165) is 5.56 Å². The number of nitrogens with zero attached hydrogens (tertiary/aromatic N) is 2. The number of anilines is 2. The van der Waals surface area contributed by atoms with Crippen LogP contribution in [0.1, 0.15) is 25.6 Å². The lowest BCUT2D eigenvalue weighted by atomic mass is 10.2. The average Bonchev–Trinajstić information content (AvgIpc) is 3.30. The summed E-state index contributed by atoms with van der Waals surface area (Å²) in [6, 6.07) is 13.6. The molecule has 2 aromatic carbocycles. The highest BCUT2D eigenvalue weighted by atomic mass is 35.5. The fraction of sp³-hybridized carbons (Fsp3) is 0.208. The third-order valence-electron chi connectivity index (χ3n) is 5.18. The second kappa shape index (κ2) is 9.84. The molecule has 0 saturated heterocycles. The Balaban J connectivity index is 1.52. The van der Waals surface area contributed by atoms with E-state index in [0.29, 0.717) is 50.3 Å². The number of carbonyl (C=O) groups excluding carboxylic acids is 2. The van der Waals surface area contributed by atoms with Crippen molar-refractivity contribution < 1.29 is 14.0 Å². The number of rotatable bonds is 7. The van der Waals surface area contributed by atoms with Crippen molar-refractivity contribution in [1.82, 2.24) is 9.47 Å². The zero-order valence-corrected chi connectivity index (χ0v) is 20.4. The summed E-state index contributed by atoms with van der Waals surface area (Å²) in [7, 11) is 3.85. The van der Waals surface area contributed by atoms with Gasteiger partial charge in [-0.1, -0.05) is 23.7 Å². The van der Waals surface area contributed by atoms with E-state index in [1.807, 2.05) is 19.0 Å². The summed E-state index contributed by atoms with van der Waals surface area (Å²) in [6.45, 7) is 2.94. The molecule has 0 atom stereocenters. The average molecular weight is 499 g/mol. The van der Waals surface area contributed by atoms with Gasteiger partial charge in [-0.25, -0.2) is 4.79 Å². The zero-order chi connectivity index (χ0) is 24.4. The van der Waals surface area contributed by atoms with Crippen molar-refractivity contribution in [2.75, 3.05) is 31.3 Å². The van der Waals surface area contributed by atoms with Crippen LogP contribution in [0.2, 0.25) is 5.02 Å². The number of nitrogens with one attached hydrogen (secondary N) is 2. The van der Waals surface area contributed by atoms with Crippen molar-refractivity contribution in [1.29, 1.82) is 0 Å². The summed E-state index contributed by atoms with van der Waals surface area (Å²) < 4.78 is 6.85. The van der Waals surface area contributed by atoms with E-state index >= 15 is 0 Å². The van der Waals surface area contributed by atoms with Gasteiger partial charge >= 0.3 is 5.76 Å². The normalized spacial score (nSPS) is 11.2. The van der Waals surface area contributed by atoms with Crippen molar-refractivity contribution in [2.45, 2.75) is 13.5 Å². The van der Waals surface area contributed by atoms with Gasteiger partial charge < -0.3 is 20.0 Å². The monoisotopic (exact) mass is 498 g/mol. The first-order valence-corrected chi connectivity index (χ1v) is 11.7. The third kappa shape index (κ3) is 5.06. The number of aromatic nitrogens is 1. The number of likely N-dealkylation sites (N-methyl/N-ethyl adjacent to an activating group) is 1. The smallest absolute Gasteiger partial charge is 0.408 e. The quantitative estimate of drug-likeness (QED) is 0.385. The first kappa shape index (κ1) is 23.7. The summed E-state index contributed by atoms with van der Waals surface area (Å²) in [5.41, 5.74) is 2.68. The molecule has 0 bridgehead atoms. The van der Waals surface area contributed by atoms with Crippen LogP contribution in [-0.4, -0.2) is 41.9 Å². The number of oxazole rings is 1. The minimum Gasteiger partial charge on any atom is -0.408 e. The molecular weight excluding hydrogens is 476 g/mol. The molecule has 0 aliphatic heterocycles. The molecule has 0 unspecified atom stereocenters. The number of amides is 2. The van der Waals surface area contributed by atoms with Gasteiger partial charge in [0.2, 0.25) is 0 Å². The standard InChI is InChI=1S/C24H23ClN4O4S/c1-14-12-20(27-22(30)16-6-4-5-7-17(16)25)34-21(14)23(31)26-15-8-9-19-18(13-15)29(24(32)33-19)11-10-28(2)3/h4-9,12-13H,10-11H2,1-3H3,(H,26,31)(H,27,30). The highest BCUT2D eigenvalue weighted by Gasteiger charge is 2.18. The number of aryl methyl sites for hydroxylation is 1. The summed E-state index contributed by atoms with van der Waals surface area (Å²) in [5, 5.41) is 6.56. The van der Waals surface area contributed by atoms with Crippen molar-refractivity contribution in [3.05, 3.63) is 80.1 Å². The lowest BCUT2D eigenvalue weighted by Gasteiger charge is -2.10. The van der Waals surface area contributed by atoms with Gasteiger partial charge in [-0.2, -0.15) is 0 Å². The molecule has 10 heteroatoms. The van der Waals surface area contributed by atoms with Crippen LogP contribution in [-0.2, 0) is 6.54 Å². The number of hydrogen-bond acceptors (Lipinski definition) is 6. The number of fused-ring (bicyclic) bond motifs is 1. The number of halogens is 1. The Labute approximate surface area is 204 Å². The molecule has 2 N–H and O–H groups in total. The van der Waals surface area contributed by atoms with Gasteiger partial charge in [0.1, 0.15) is 0 Å². The Morgan fingerprint density at radius 1 is 1.09 bits per heavy atom. The minimum atomic E-state index is -0.437. The van der Waals surface area contributed by atoms with Crippen molar-refractivity contribution in [3.63, 3.8) is 0 Å². The van der Waals surface area contributed by atoms with E-state index in [-0.39, 0.29) is 11.8 Å². The van der Waals surface area contributed by atoms with Crippen LogP contribution in [0.5, 0.6) is 0 Å². The van der Waals surface area contributed by atoms with Crippen molar-refractivity contribution >= 4 is 56.5 Å². The van der Waals surface area contributed by atoms with E-state index in [2.05, 4.69) is 10.6 Å². The van der Waals surface area contributed by atoms with Crippen LogP contribution in [0.15, 0.2) is 57.7 Å². The lowest BCUT2D eigenvalue weighted by molar-refractivity contribution is 0.102. The summed E-state index contributed by atoms with van der Waals surface area (Å²) in [4.78, 5) is 40.2. The molecule has 0 fully saturated rings. The molecule has 4 aromatic rings. The highest BCUT2D eigenvalue weighted by Crippen LogP contribution is 2.29. The van der Waals surface area contributed by atoms with Crippen molar-refractivity contribution in [3.8, 4) is 0 Å². The summed E-state index contributed by atoms with van der Waals surface area (Å²) in [6.07, 6.45) is 0. The molecule has 2 heterocycles. The first-order chi connectivity index (χ1) is 16.2. The Hall–Kier alpha value is -3.40. The topological polar surface area (TPSA) is 96.6 Å². The second-order valence-corrected chi connectivity index (χ2v) is 9.48. The Kier molecular flexibility index (Phi) is 6.87. The Morgan fingerprint density at radius 3 is 2.59 bits per heavy atom. The molecule has 0 radical (unpaired) electrons. The van der Waals surface area contributed by atoms with E-state index in [1.54, 1.807) is 60.0 Å². The number of thiophene rings is 1. The van der Waals surface area contributed by atoms with E-state index in [1.165, 1.54) is 11.3 Å². The summed E-state index contributed by atoms with van der Waals surface area (Å²) >= 11 is 7.27.